The molecule has 2 rings (SSSR count). The quantitative estimate of drug-likeness (QED) is 0.577. The van der Waals surface area contributed by atoms with Gasteiger partial charge in [-0.1, -0.05) is 31.7 Å². The van der Waals surface area contributed by atoms with Gasteiger partial charge in [-0.3, -0.25) is 20.1 Å². The molecule has 1 unspecified atom stereocenters. The van der Waals surface area contributed by atoms with E-state index in [0.29, 0.717) is 12.3 Å². The molecule has 0 bridgehead atoms. The van der Waals surface area contributed by atoms with E-state index in [0.717, 1.165) is 29.8 Å². The number of nitrogens with one attached hydrogen (secondary N) is 1. The molecular formula is C22H28N2O4. The molecule has 6 heteroatoms. The smallest absolute Gasteiger partial charge is 0.315 e. The lowest BCUT2D eigenvalue weighted by Crippen LogP contribution is -2.37. The summed E-state index contributed by atoms with van der Waals surface area (Å²) < 4.78 is 5.78. The van der Waals surface area contributed by atoms with Gasteiger partial charge in [0.05, 0.1) is 13.7 Å². The minimum atomic E-state index is -1.19. The molecule has 0 aliphatic heterocycles. The number of hydrogen-bond acceptors (Lipinski definition) is 5. The predicted octanol–water partition coefficient (Wildman–Crippen LogP) is 3.56. The molecule has 0 aliphatic carbocycles. The fourth-order valence-corrected chi connectivity index (χ4v) is 2.74. The van der Waals surface area contributed by atoms with Gasteiger partial charge in [0.25, 0.3) is 0 Å². The van der Waals surface area contributed by atoms with Crippen molar-refractivity contribution in [2.24, 2.45) is 5.41 Å². The number of aryl methyl sites for hydroxylation is 1. The van der Waals surface area contributed by atoms with Crippen molar-refractivity contribution in [2.75, 3.05) is 13.7 Å². The van der Waals surface area contributed by atoms with Gasteiger partial charge in [0, 0.05) is 24.0 Å². The number of carboxylic acids is 1. The van der Waals surface area contributed by atoms with Crippen LogP contribution >= 0.6 is 0 Å². The highest BCUT2D eigenvalue weighted by atomic mass is 16.6. The summed E-state index contributed by atoms with van der Waals surface area (Å²) in [4.78, 5) is 21.0. The molecule has 0 aliphatic rings. The van der Waals surface area contributed by atoms with Gasteiger partial charge in [0.15, 0.2) is 0 Å². The Hall–Kier alpha value is -2.86. The molecule has 150 valence electrons. The molecule has 0 fully saturated rings. The summed E-state index contributed by atoms with van der Waals surface area (Å²) in [5.41, 5.74) is 4.74. The molecule has 6 nitrogen and oxygen atoms in total. The summed E-state index contributed by atoms with van der Waals surface area (Å²) in [5.74, 6) is -0.233. The number of nitrogens with zero attached hydrogens (tertiary/aromatic N) is 1. The minimum Gasteiger partial charge on any atom is -0.493 e. The van der Waals surface area contributed by atoms with Crippen LogP contribution in [0.5, 0.6) is 5.75 Å². The van der Waals surface area contributed by atoms with Crippen LogP contribution in [0.2, 0.25) is 0 Å². The lowest BCUT2D eigenvalue weighted by molar-refractivity contribution is -0.146. The van der Waals surface area contributed by atoms with Crippen LogP contribution in [0, 0.1) is 5.41 Å². The van der Waals surface area contributed by atoms with Gasteiger partial charge in [-0.05, 0) is 49.1 Å². The number of pyridine rings is 1. The number of carboxylic acid groups (broad SMARTS) is 1. The standard InChI is InChI=1S/C22H28N2O4/c1-5-17-6-9-19(23-15-17)12-13-28-20-10-7-18(8-11-20)14-22(3,21(25)26)16(2)24-27-4/h6-11,15,24H,2,5,12-14H2,1,3-4H3,(H,25,26). The number of aromatic nitrogens is 1. The van der Waals surface area contributed by atoms with Crippen molar-refractivity contribution in [1.29, 1.82) is 0 Å². The second kappa shape index (κ2) is 9.90. The van der Waals surface area contributed by atoms with Crippen molar-refractivity contribution in [3.63, 3.8) is 0 Å². The minimum absolute atomic E-state index is 0.283. The van der Waals surface area contributed by atoms with E-state index in [1.807, 2.05) is 36.5 Å². The first kappa shape index (κ1) is 21.4. The third-order valence-corrected chi connectivity index (χ3v) is 4.77. The molecule has 0 amide bonds. The second-order valence-electron chi connectivity index (χ2n) is 6.85. The molecule has 0 saturated heterocycles. The number of aliphatic carboxylic acids is 1. The van der Waals surface area contributed by atoms with E-state index in [4.69, 9.17) is 9.57 Å². The average molecular weight is 384 g/mol. The van der Waals surface area contributed by atoms with Gasteiger partial charge in [-0.2, -0.15) is 0 Å². The third kappa shape index (κ3) is 5.57. The monoisotopic (exact) mass is 384 g/mol. The van der Waals surface area contributed by atoms with E-state index >= 15 is 0 Å². The maximum atomic E-state index is 11.7. The maximum absolute atomic E-state index is 11.7. The average Bonchev–Trinajstić information content (AvgIpc) is 2.69. The normalized spacial score (nSPS) is 12.8. The molecule has 1 aromatic carbocycles. The first-order valence-electron chi connectivity index (χ1n) is 9.26. The van der Waals surface area contributed by atoms with Crippen LogP contribution in [-0.2, 0) is 28.9 Å². The fraction of sp³-hybridized carbons (Fsp3) is 0.364. The Morgan fingerprint density at radius 3 is 2.43 bits per heavy atom. The lowest BCUT2D eigenvalue weighted by Gasteiger charge is -2.27. The Kier molecular flexibility index (Phi) is 7.58. The molecule has 1 atom stereocenters. The van der Waals surface area contributed by atoms with Crippen molar-refractivity contribution in [1.82, 2.24) is 10.5 Å². The number of hydrogen-bond donors (Lipinski definition) is 2. The number of ether oxygens (including phenoxy) is 1. The van der Waals surface area contributed by atoms with E-state index in [1.165, 1.54) is 12.7 Å². The lowest BCUT2D eigenvalue weighted by atomic mass is 9.81. The van der Waals surface area contributed by atoms with Crippen LogP contribution in [0.4, 0.5) is 0 Å². The molecule has 2 aromatic rings. The SMILES string of the molecule is C=C(NOC)C(C)(Cc1ccc(OCCc2ccc(CC)cn2)cc1)C(=O)O. The van der Waals surface area contributed by atoms with E-state index < -0.39 is 11.4 Å². The number of benzene rings is 1. The summed E-state index contributed by atoms with van der Waals surface area (Å²) in [6, 6.07) is 11.5. The van der Waals surface area contributed by atoms with Crippen LogP contribution < -0.4 is 10.2 Å². The van der Waals surface area contributed by atoms with Gasteiger partial charge >= 0.3 is 5.97 Å². The Balaban J connectivity index is 1.92. The Bertz CT molecular complexity index is 787. The van der Waals surface area contributed by atoms with E-state index in [1.54, 1.807) is 6.92 Å². The first-order chi connectivity index (χ1) is 13.4. The summed E-state index contributed by atoms with van der Waals surface area (Å²) in [7, 11) is 1.42. The number of hydroxylamine groups is 1. The van der Waals surface area contributed by atoms with Gasteiger partial charge in [-0.25, -0.2) is 0 Å². The predicted molar refractivity (Wildman–Crippen MR) is 108 cm³/mol. The van der Waals surface area contributed by atoms with Crippen LogP contribution in [0.25, 0.3) is 0 Å². The van der Waals surface area contributed by atoms with Crippen LogP contribution in [-0.4, -0.2) is 29.8 Å². The van der Waals surface area contributed by atoms with Gasteiger partial charge in [0.1, 0.15) is 11.2 Å². The van der Waals surface area contributed by atoms with Gasteiger partial charge < -0.3 is 9.84 Å². The van der Waals surface area contributed by atoms with Crippen molar-refractivity contribution in [3.05, 3.63) is 71.7 Å². The van der Waals surface area contributed by atoms with Crippen LogP contribution in [0.15, 0.2) is 54.9 Å². The summed E-state index contributed by atoms with van der Waals surface area (Å²) in [6.07, 6.45) is 3.89. The van der Waals surface area contributed by atoms with Crippen molar-refractivity contribution < 1.29 is 19.5 Å². The number of carbonyl (C=O) groups is 1. The molecule has 0 radical (unpaired) electrons. The summed E-state index contributed by atoms with van der Waals surface area (Å²) in [6.45, 7) is 8.03. The molecule has 28 heavy (non-hydrogen) atoms. The van der Waals surface area contributed by atoms with Crippen LogP contribution in [0.3, 0.4) is 0 Å². The largest absolute Gasteiger partial charge is 0.493 e. The Labute approximate surface area is 166 Å². The number of rotatable bonds is 11. The Morgan fingerprint density at radius 1 is 1.21 bits per heavy atom. The molecule has 0 spiro atoms. The highest BCUT2D eigenvalue weighted by Crippen LogP contribution is 2.30. The molecular weight excluding hydrogens is 356 g/mol. The fourth-order valence-electron chi connectivity index (χ4n) is 2.74. The van der Waals surface area contributed by atoms with Crippen LogP contribution in [0.1, 0.15) is 30.7 Å². The topological polar surface area (TPSA) is 80.7 Å². The molecule has 2 N–H and O–H groups in total. The summed E-state index contributed by atoms with van der Waals surface area (Å²) in [5, 5.41) is 9.62. The van der Waals surface area contributed by atoms with Crippen molar-refractivity contribution in [3.8, 4) is 5.75 Å². The molecule has 0 saturated carbocycles. The zero-order valence-corrected chi connectivity index (χ0v) is 16.7. The third-order valence-electron chi connectivity index (χ3n) is 4.77. The first-order valence-corrected chi connectivity index (χ1v) is 9.26. The molecule has 1 heterocycles. The van der Waals surface area contributed by atoms with E-state index in [9.17, 15) is 9.90 Å². The zero-order valence-electron chi connectivity index (χ0n) is 16.7. The van der Waals surface area contributed by atoms with Crippen molar-refractivity contribution in [2.45, 2.75) is 33.1 Å². The van der Waals surface area contributed by atoms with Gasteiger partial charge in [0.2, 0.25) is 0 Å². The maximum Gasteiger partial charge on any atom is 0.315 e. The summed E-state index contributed by atoms with van der Waals surface area (Å²) >= 11 is 0. The van der Waals surface area contributed by atoms with E-state index in [2.05, 4.69) is 30.0 Å². The zero-order chi connectivity index (χ0) is 20.6. The van der Waals surface area contributed by atoms with Gasteiger partial charge in [-0.15, -0.1) is 0 Å². The van der Waals surface area contributed by atoms with Crippen molar-refractivity contribution >= 4 is 5.97 Å². The highest BCUT2D eigenvalue weighted by molar-refractivity contribution is 5.78. The Morgan fingerprint density at radius 2 is 1.89 bits per heavy atom. The van der Waals surface area contributed by atoms with E-state index in [-0.39, 0.29) is 6.42 Å². The second-order valence-corrected chi connectivity index (χ2v) is 6.85. The highest BCUT2D eigenvalue weighted by Gasteiger charge is 2.37. The molecule has 1 aromatic heterocycles.